The molecule has 0 bridgehead atoms. The van der Waals surface area contributed by atoms with Gasteiger partial charge in [-0.3, -0.25) is 0 Å². The van der Waals surface area contributed by atoms with E-state index in [0.29, 0.717) is 0 Å². The lowest BCUT2D eigenvalue weighted by Crippen LogP contribution is -2.11. The minimum absolute atomic E-state index is 0.0919. The van der Waals surface area contributed by atoms with Gasteiger partial charge in [0.15, 0.2) is 0 Å². The van der Waals surface area contributed by atoms with E-state index >= 15 is 0 Å². The lowest BCUT2D eigenvalue weighted by atomic mass is 10.2. The summed E-state index contributed by atoms with van der Waals surface area (Å²) in [4.78, 5) is 0. The van der Waals surface area contributed by atoms with Gasteiger partial charge < -0.3 is 9.05 Å². The third-order valence-electron chi connectivity index (χ3n) is 1.67. The average Bonchev–Trinajstić information content (AvgIpc) is 2.20. The van der Waals surface area contributed by atoms with E-state index in [9.17, 15) is 0 Å². The fourth-order valence-corrected chi connectivity index (χ4v) is 2.76. The van der Waals surface area contributed by atoms with Crippen LogP contribution >= 0.6 is 8.38 Å². The van der Waals surface area contributed by atoms with Gasteiger partial charge in [0.05, 0.1) is 17.5 Å². The second-order valence-electron chi connectivity index (χ2n) is 3.59. The van der Waals surface area contributed by atoms with Crippen LogP contribution in [-0.2, 0) is 9.05 Å². The number of hydrogen-bond acceptors (Lipinski definition) is 2. The summed E-state index contributed by atoms with van der Waals surface area (Å²) >= 11 is 0. The summed E-state index contributed by atoms with van der Waals surface area (Å²) in [7, 11) is -0.726. The van der Waals surface area contributed by atoms with E-state index in [2.05, 4.69) is 26.8 Å². The van der Waals surface area contributed by atoms with Crippen LogP contribution in [0.1, 0.15) is 34.1 Å². The minimum Gasteiger partial charge on any atom is -0.452 e. The van der Waals surface area contributed by atoms with Crippen molar-refractivity contribution in [1.29, 1.82) is 0 Å². The molecule has 0 aliphatic carbocycles. The van der Waals surface area contributed by atoms with Crippen molar-refractivity contribution in [3.63, 3.8) is 0 Å². The Morgan fingerprint density at radius 1 is 1.58 bits per heavy atom. The second kappa shape index (κ2) is 3.76. The van der Waals surface area contributed by atoms with Crippen LogP contribution in [0.15, 0.2) is 11.8 Å². The highest BCUT2D eigenvalue weighted by Gasteiger charge is 2.37. The quantitative estimate of drug-likeness (QED) is 0.631. The molecule has 0 aromatic carbocycles. The Morgan fingerprint density at radius 2 is 2.25 bits per heavy atom. The Bertz CT molecular complexity index is 187. The first-order chi connectivity index (χ1) is 5.56. The van der Waals surface area contributed by atoms with E-state index < -0.39 is 8.38 Å². The number of allylic oxidation sites excluding steroid dienone is 2. The summed E-state index contributed by atoms with van der Waals surface area (Å²) in [6, 6.07) is 0. The first-order valence-electron chi connectivity index (χ1n) is 4.37. The smallest absolute Gasteiger partial charge is 0.239 e. The molecule has 3 heteroatoms. The normalized spacial score (nSPS) is 26.7. The third kappa shape index (κ3) is 2.21. The number of rotatable bonds is 3. The van der Waals surface area contributed by atoms with Crippen molar-refractivity contribution in [3.8, 4) is 0 Å². The molecule has 2 nitrogen and oxygen atoms in total. The van der Waals surface area contributed by atoms with Crippen molar-refractivity contribution < 1.29 is 9.05 Å². The van der Waals surface area contributed by atoms with Crippen LogP contribution in [0.3, 0.4) is 0 Å². The second-order valence-corrected chi connectivity index (χ2v) is 5.70. The largest absolute Gasteiger partial charge is 0.452 e. The molecule has 0 aromatic rings. The average molecular weight is 188 g/mol. The lowest BCUT2D eigenvalue weighted by molar-refractivity contribution is 0.288. The topological polar surface area (TPSA) is 18.5 Å². The van der Waals surface area contributed by atoms with Crippen molar-refractivity contribution in [2.24, 2.45) is 0 Å². The molecule has 0 saturated heterocycles. The summed E-state index contributed by atoms with van der Waals surface area (Å²) in [5.41, 5.74) is 0. The fourth-order valence-electron chi connectivity index (χ4n) is 1.19. The molecule has 0 spiro atoms. The monoisotopic (exact) mass is 188 g/mol. The summed E-state index contributed by atoms with van der Waals surface area (Å²) < 4.78 is 11.2. The maximum atomic E-state index is 5.63. The van der Waals surface area contributed by atoms with Crippen LogP contribution in [-0.4, -0.2) is 11.8 Å². The molecule has 1 atom stereocenters. The first kappa shape index (κ1) is 10.0. The van der Waals surface area contributed by atoms with Crippen molar-refractivity contribution >= 4 is 8.38 Å². The van der Waals surface area contributed by atoms with Crippen molar-refractivity contribution in [2.75, 3.05) is 6.61 Å². The molecule has 1 heterocycles. The van der Waals surface area contributed by atoms with Gasteiger partial charge in [0.25, 0.3) is 0 Å². The van der Waals surface area contributed by atoms with Gasteiger partial charge in [-0.1, -0.05) is 6.92 Å². The zero-order chi connectivity index (χ0) is 9.19. The molecule has 0 radical (unpaired) electrons. The molecule has 12 heavy (non-hydrogen) atoms. The van der Waals surface area contributed by atoms with Crippen molar-refractivity contribution in [1.82, 2.24) is 0 Å². The standard InChI is InChI=1S/C9H17O2P/c1-5-6-10-12-9(3,4)7-8(2)11-12/h7H,5-6H2,1-4H3. The Labute approximate surface area is 75.9 Å². The van der Waals surface area contributed by atoms with Crippen LogP contribution in [0.2, 0.25) is 0 Å². The Kier molecular flexibility index (Phi) is 3.14. The molecule has 0 N–H and O–H groups in total. The van der Waals surface area contributed by atoms with E-state index in [1.165, 1.54) is 0 Å². The molecule has 1 aliphatic heterocycles. The molecule has 1 unspecified atom stereocenters. The molecule has 70 valence electrons. The summed E-state index contributed by atoms with van der Waals surface area (Å²) in [6.07, 6.45) is 3.20. The molecule has 0 saturated carbocycles. The molecule has 1 rings (SSSR count). The summed E-state index contributed by atoms with van der Waals surface area (Å²) in [5.74, 6) is 1.00. The van der Waals surface area contributed by atoms with Gasteiger partial charge >= 0.3 is 0 Å². The molecule has 1 aliphatic rings. The van der Waals surface area contributed by atoms with Crippen LogP contribution in [0.5, 0.6) is 0 Å². The zero-order valence-corrected chi connectivity index (χ0v) is 9.15. The molecule has 0 aromatic heterocycles. The fraction of sp³-hybridized carbons (Fsp3) is 0.778. The minimum atomic E-state index is -0.726. The first-order valence-corrected chi connectivity index (χ1v) is 5.54. The Morgan fingerprint density at radius 3 is 2.67 bits per heavy atom. The predicted octanol–water partition coefficient (Wildman–Crippen LogP) is 3.44. The van der Waals surface area contributed by atoms with E-state index in [4.69, 9.17) is 9.05 Å². The Balaban J connectivity index is 2.48. The number of hydrogen-bond donors (Lipinski definition) is 0. The maximum absolute atomic E-state index is 5.63. The maximum Gasteiger partial charge on any atom is 0.239 e. The van der Waals surface area contributed by atoms with Gasteiger partial charge in [0, 0.05) is 0 Å². The summed E-state index contributed by atoms with van der Waals surface area (Å²) in [6.45, 7) is 9.21. The molecule has 0 fully saturated rings. The van der Waals surface area contributed by atoms with Gasteiger partial charge in [0.1, 0.15) is 0 Å². The Hall–Kier alpha value is -0.0700. The van der Waals surface area contributed by atoms with E-state index in [-0.39, 0.29) is 5.16 Å². The van der Waals surface area contributed by atoms with Gasteiger partial charge in [-0.2, -0.15) is 0 Å². The molecule has 0 amide bonds. The van der Waals surface area contributed by atoms with Crippen molar-refractivity contribution in [2.45, 2.75) is 39.3 Å². The molecular formula is C9H17O2P. The van der Waals surface area contributed by atoms with Gasteiger partial charge in [0.2, 0.25) is 8.38 Å². The van der Waals surface area contributed by atoms with Gasteiger partial charge in [-0.15, -0.1) is 0 Å². The van der Waals surface area contributed by atoms with E-state index in [1.807, 2.05) is 6.92 Å². The van der Waals surface area contributed by atoms with Crippen molar-refractivity contribution in [3.05, 3.63) is 11.8 Å². The molecular weight excluding hydrogens is 171 g/mol. The highest BCUT2D eigenvalue weighted by Crippen LogP contribution is 2.58. The van der Waals surface area contributed by atoms with Gasteiger partial charge in [-0.05, 0) is 33.3 Å². The highest BCUT2D eigenvalue weighted by atomic mass is 31.2. The van der Waals surface area contributed by atoms with Crippen LogP contribution in [0, 0.1) is 0 Å². The van der Waals surface area contributed by atoms with E-state index in [1.54, 1.807) is 0 Å². The van der Waals surface area contributed by atoms with Crippen LogP contribution in [0.4, 0.5) is 0 Å². The predicted molar refractivity (Wildman–Crippen MR) is 52.1 cm³/mol. The zero-order valence-electron chi connectivity index (χ0n) is 8.26. The lowest BCUT2D eigenvalue weighted by Gasteiger charge is -2.22. The summed E-state index contributed by atoms with van der Waals surface area (Å²) in [5, 5.41) is 0.0919. The third-order valence-corrected chi connectivity index (χ3v) is 3.61. The SMILES string of the molecule is CCCOP1OC(C)=CC1(C)C. The highest BCUT2D eigenvalue weighted by molar-refractivity contribution is 7.49. The van der Waals surface area contributed by atoms with E-state index in [0.717, 1.165) is 18.8 Å². The van der Waals surface area contributed by atoms with Crippen LogP contribution in [0.25, 0.3) is 0 Å². The van der Waals surface area contributed by atoms with Gasteiger partial charge in [-0.25, -0.2) is 0 Å². The van der Waals surface area contributed by atoms with Crippen LogP contribution < -0.4 is 0 Å².